The predicted molar refractivity (Wildman–Crippen MR) is 139 cm³/mol. The van der Waals surface area contributed by atoms with Crippen LogP contribution in [-0.4, -0.2) is 38.9 Å². The molecule has 0 bridgehead atoms. The number of aryl methyl sites for hydroxylation is 1. The first-order chi connectivity index (χ1) is 20.3. The molecular formula is C28H28F9N5O2. The van der Waals surface area contributed by atoms with Crippen molar-refractivity contribution in [3.05, 3.63) is 70.0 Å². The molecular weight excluding hydrogens is 609 g/mol. The van der Waals surface area contributed by atoms with E-state index in [0.717, 1.165) is 27.9 Å². The van der Waals surface area contributed by atoms with E-state index in [1.807, 2.05) is 0 Å². The second kappa shape index (κ2) is 11.9. The number of benzene rings is 2. The standard InChI is InChI=1S/C28H28F9N5O2/c1-14(2)44-25(43)42-13-15(3)5-7-20(21-12-17(26(29,30)31)6-8-22(21)42)23(24-38-40-41(4)39-24)16-9-18(27(32,33)34)11-19(10-16)28(35,36)37/h6,8-12,14-15,20,23H,5,7,13H2,1-4H3/t15?,20-,23?/m1/s1. The zero-order chi connectivity index (χ0) is 32.8. The summed E-state index contributed by atoms with van der Waals surface area (Å²) < 4.78 is 131. The number of anilines is 1. The molecule has 3 aromatic rings. The minimum absolute atomic E-state index is 0.00304. The molecule has 1 amide bonds. The van der Waals surface area contributed by atoms with Crippen molar-refractivity contribution in [1.29, 1.82) is 0 Å². The second-order valence-corrected chi connectivity index (χ2v) is 11.1. The molecule has 2 heterocycles. The number of rotatable bonds is 4. The third kappa shape index (κ3) is 7.26. The van der Waals surface area contributed by atoms with Crippen molar-refractivity contribution in [3.63, 3.8) is 0 Å². The molecule has 16 heteroatoms. The number of tetrazole rings is 1. The van der Waals surface area contributed by atoms with E-state index < -0.39 is 64.8 Å². The zero-order valence-corrected chi connectivity index (χ0v) is 23.8. The first-order valence-corrected chi connectivity index (χ1v) is 13.5. The van der Waals surface area contributed by atoms with Crippen LogP contribution < -0.4 is 4.90 Å². The maximum Gasteiger partial charge on any atom is 0.416 e. The number of aromatic nitrogens is 4. The molecule has 3 atom stereocenters. The highest BCUT2D eigenvalue weighted by molar-refractivity contribution is 5.89. The van der Waals surface area contributed by atoms with Crippen molar-refractivity contribution in [3.8, 4) is 0 Å². The lowest BCUT2D eigenvalue weighted by Crippen LogP contribution is -2.39. The fraction of sp³-hybridized carbons (Fsp3) is 0.500. The zero-order valence-electron chi connectivity index (χ0n) is 23.8. The van der Waals surface area contributed by atoms with E-state index >= 15 is 0 Å². The van der Waals surface area contributed by atoms with Crippen molar-refractivity contribution in [1.82, 2.24) is 20.2 Å². The van der Waals surface area contributed by atoms with Crippen LogP contribution in [0.4, 0.5) is 50.0 Å². The molecule has 0 radical (unpaired) electrons. The molecule has 2 aromatic carbocycles. The molecule has 0 spiro atoms. The Bertz CT molecular complexity index is 1470. The third-order valence-electron chi connectivity index (χ3n) is 7.24. The number of carbonyl (C=O) groups excluding carboxylic acids is 1. The van der Waals surface area contributed by atoms with Crippen molar-refractivity contribution in [2.45, 2.75) is 70.1 Å². The monoisotopic (exact) mass is 637 g/mol. The van der Waals surface area contributed by atoms with Gasteiger partial charge in [-0.25, -0.2) is 4.79 Å². The Hall–Kier alpha value is -3.85. The van der Waals surface area contributed by atoms with Gasteiger partial charge in [0.25, 0.3) is 0 Å². The van der Waals surface area contributed by atoms with Crippen molar-refractivity contribution < 1.29 is 49.0 Å². The van der Waals surface area contributed by atoms with E-state index in [4.69, 9.17) is 4.74 Å². The normalized spacial score (nSPS) is 18.9. The number of hydrogen-bond acceptors (Lipinski definition) is 5. The fourth-order valence-corrected chi connectivity index (χ4v) is 5.32. The van der Waals surface area contributed by atoms with Gasteiger partial charge in [0.2, 0.25) is 0 Å². The first-order valence-electron chi connectivity index (χ1n) is 13.5. The summed E-state index contributed by atoms with van der Waals surface area (Å²) in [6.07, 6.45) is -16.5. The number of alkyl halides is 9. The summed E-state index contributed by atoms with van der Waals surface area (Å²) in [4.78, 5) is 15.3. The number of halogens is 9. The molecule has 4 rings (SSSR count). The van der Waals surface area contributed by atoms with Gasteiger partial charge in [-0.05, 0) is 85.3 Å². The van der Waals surface area contributed by atoms with Crippen LogP contribution in [0.1, 0.15) is 79.1 Å². The molecule has 1 aromatic heterocycles. The van der Waals surface area contributed by atoms with Gasteiger partial charge in [-0.2, -0.15) is 44.3 Å². The van der Waals surface area contributed by atoms with E-state index in [2.05, 4.69) is 15.4 Å². The summed E-state index contributed by atoms with van der Waals surface area (Å²) in [5.41, 5.74) is -5.05. The van der Waals surface area contributed by atoms with E-state index in [-0.39, 0.29) is 48.4 Å². The average molecular weight is 638 g/mol. The molecule has 1 aliphatic rings. The van der Waals surface area contributed by atoms with Gasteiger partial charge in [0.1, 0.15) is 0 Å². The van der Waals surface area contributed by atoms with Gasteiger partial charge in [-0.3, -0.25) is 4.90 Å². The Labute approximate surface area is 246 Å². The SMILES string of the molecule is CC1CC[C@@H](C(c2cc(C(F)(F)F)cc(C(F)(F)F)c2)c2nnn(C)n2)c2cc(C(F)(F)F)ccc2N(C(=O)OC(C)C)C1. The molecule has 0 fully saturated rings. The highest BCUT2D eigenvalue weighted by Crippen LogP contribution is 2.49. The Balaban J connectivity index is 2.06. The molecule has 1 aliphatic heterocycles. The van der Waals surface area contributed by atoms with Crippen LogP contribution in [0.25, 0.3) is 0 Å². The molecule has 0 saturated heterocycles. The largest absolute Gasteiger partial charge is 0.446 e. The Morgan fingerprint density at radius 1 is 0.886 bits per heavy atom. The van der Waals surface area contributed by atoms with Crippen LogP contribution in [0.2, 0.25) is 0 Å². The minimum Gasteiger partial charge on any atom is -0.446 e. The quantitative estimate of drug-likeness (QED) is 0.272. The lowest BCUT2D eigenvalue weighted by Gasteiger charge is -2.36. The van der Waals surface area contributed by atoms with Gasteiger partial charge in [0, 0.05) is 12.5 Å². The summed E-state index contributed by atoms with van der Waals surface area (Å²) in [6.45, 7) is 4.93. The van der Waals surface area contributed by atoms with Crippen LogP contribution in [0.5, 0.6) is 0 Å². The van der Waals surface area contributed by atoms with Gasteiger partial charge in [-0.15, -0.1) is 10.2 Å². The van der Waals surface area contributed by atoms with Crippen LogP contribution in [0.15, 0.2) is 36.4 Å². The topological polar surface area (TPSA) is 73.1 Å². The number of hydrogen-bond donors (Lipinski definition) is 0. The summed E-state index contributed by atoms with van der Waals surface area (Å²) >= 11 is 0. The Morgan fingerprint density at radius 3 is 1.98 bits per heavy atom. The summed E-state index contributed by atoms with van der Waals surface area (Å²) in [5.74, 6) is -3.35. The lowest BCUT2D eigenvalue weighted by atomic mass is 9.74. The van der Waals surface area contributed by atoms with Crippen LogP contribution in [0, 0.1) is 5.92 Å². The van der Waals surface area contributed by atoms with Crippen molar-refractivity contribution in [2.24, 2.45) is 13.0 Å². The van der Waals surface area contributed by atoms with Crippen LogP contribution in [-0.2, 0) is 30.3 Å². The molecule has 0 aliphatic carbocycles. The average Bonchev–Trinajstić information content (AvgIpc) is 3.31. The molecule has 240 valence electrons. The number of ether oxygens (including phenoxy) is 1. The van der Waals surface area contributed by atoms with Crippen LogP contribution in [0.3, 0.4) is 0 Å². The molecule has 0 N–H and O–H groups in total. The number of amides is 1. The van der Waals surface area contributed by atoms with E-state index in [1.165, 1.54) is 7.05 Å². The van der Waals surface area contributed by atoms with Gasteiger partial charge in [-0.1, -0.05) is 6.92 Å². The summed E-state index contributed by atoms with van der Waals surface area (Å²) in [5, 5.41) is 11.6. The smallest absolute Gasteiger partial charge is 0.416 e. The minimum atomic E-state index is -5.19. The maximum atomic E-state index is 14.0. The predicted octanol–water partition coefficient (Wildman–Crippen LogP) is 7.96. The first kappa shape index (κ1) is 33.1. The highest BCUT2D eigenvalue weighted by Gasteiger charge is 2.42. The van der Waals surface area contributed by atoms with Crippen LogP contribution >= 0.6 is 0 Å². The molecule has 0 saturated carbocycles. The Morgan fingerprint density at radius 2 is 1.48 bits per heavy atom. The van der Waals surface area contributed by atoms with E-state index in [0.29, 0.717) is 12.1 Å². The third-order valence-corrected chi connectivity index (χ3v) is 7.24. The number of nitrogens with zero attached hydrogens (tertiary/aromatic N) is 5. The maximum absolute atomic E-state index is 14.0. The van der Waals surface area contributed by atoms with E-state index in [9.17, 15) is 44.3 Å². The molecule has 7 nitrogen and oxygen atoms in total. The van der Waals surface area contributed by atoms with Gasteiger partial charge < -0.3 is 4.74 Å². The van der Waals surface area contributed by atoms with Crippen molar-refractivity contribution in [2.75, 3.05) is 11.4 Å². The fourth-order valence-electron chi connectivity index (χ4n) is 5.32. The van der Waals surface area contributed by atoms with Gasteiger partial charge >= 0.3 is 24.6 Å². The number of carbonyl (C=O) groups is 1. The summed E-state index contributed by atoms with van der Waals surface area (Å²) in [7, 11) is 1.32. The highest BCUT2D eigenvalue weighted by atomic mass is 19.4. The second-order valence-electron chi connectivity index (χ2n) is 11.1. The Kier molecular flexibility index (Phi) is 8.95. The van der Waals surface area contributed by atoms with Gasteiger partial charge in [0.15, 0.2) is 5.82 Å². The van der Waals surface area contributed by atoms with Gasteiger partial charge in [0.05, 0.1) is 41.4 Å². The van der Waals surface area contributed by atoms with Crippen molar-refractivity contribution >= 4 is 11.8 Å². The summed E-state index contributed by atoms with van der Waals surface area (Å²) in [6, 6.07) is 3.54. The molecule has 2 unspecified atom stereocenters. The molecule has 44 heavy (non-hydrogen) atoms. The van der Waals surface area contributed by atoms with E-state index in [1.54, 1.807) is 20.8 Å². The lowest BCUT2D eigenvalue weighted by molar-refractivity contribution is -0.143. The number of fused-ring (bicyclic) bond motifs is 1.